The fourth-order valence-corrected chi connectivity index (χ4v) is 2.76. The molecular weight excluding hydrogens is 362 g/mol. The van der Waals surface area contributed by atoms with Crippen LogP contribution in [0.15, 0.2) is 61.2 Å². The van der Waals surface area contributed by atoms with Crippen molar-refractivity contribution >= 4 is 11.6 Å². The Morgan fingerprint density at radius 3 is 2.00 bits per heavy atom. The summed E-state index contributed by atoms with van der Waals surface area (Å²) in [5, 5.41) is 16.1. The lowest BCUT2D eigenvalue weighted by atomic mass is 9.76. The van der Waals surface area contributed by atoms with E-state index in [1.165, 1.54) is 6.33 Å². The summed E-state index contributed by atoms with van der Waals surface area (Å²) < 4.78 is 7.69. The molecule has 0 amide bonds. The summed E-state index contributed by atoms with van der Waals surface area (Å²) in [7, 11) is 0. The predicted octanol–water partition coefficient (Wildman–Crippen LogP) is 4.97. The van der Waals surface area contributed by atoms with E-state index in [1.807, 2.05) is 69.3 Å². The second kappa shape index (κ2) is 7.33. The monoisotopic (exact) mass is 385 g/mol. The molecule has 142 valence electrons. The van der Waals surface area contributed by atoms with Crippen molar-refractivity contribution in [3.8, 4) is 16.9 Å². The number of ether oxygens (including phenoxy) is 1. The van der Waals surface area contributed by atoms with E-state index in [0.717, 1.165) is 11.1 Å². The number of benzene rings is 2. The maximum absolute atomic E-state index is 11.2. The first-order valence-electron chi connectivity index (χ1n) is 8.77. The Balaban J connectivity index is 1.87. The van der Waals surface area contributed by atoms with Crippen LogP contribution in [0.2, 0.25) is 5.02 Å². The number of halogens is 1. The molecular formula is C21H24ClN3O2. The zero-order valence-electron chi connectivity index (χ0n) is 15.9. The van der Waals surface area contributed by atoms with Crippen molar-refractivity contribution < 1.29 is 9.84 Å². The van der Waals surface area contributed by atoms with Crippen LogP contribution >= 0.6 is 11.6 Å². The third-order valence-electron chi connectivity index (χ3n) is 4.96. The lowest BCUT2D eigenvalue weighted by Crippen LogP contribution is -2.50. The highest BCUT2D eigenvalue weighted by molar-refractivity contribution is 6.30. The molecule has 2 atom stereocenters. The average molecular weight is 386 g/mol. The maximum Gasteiger partial charge on any atom is 0.221 e. The Labute approximate surface area is 164 Å². The van der Waals surface area contributed by atoms with Crippen molar-refractivity contribution in [2.24, 2.45) is 5.41 Å². The molecule has 0 aliphatic rings. The summed E-state index contributed by atoms with van der Waals surface area (Å²) in [6, 6.07) is 15.4. The number of rotatable bonds is 5. The van der Waals surface area contributed by atoms with E-state index in [9.17, 15) is 5.11 Å². The minimum atomic E-state index is -1.18. The first kappa shape index (κ1) is 19.4. The molecule has 3 rings (SSSR count). The van der Waals surface area contributed by atoms with Crippen LogP contribution in [0.5, 0.6) is 5.75 Å². The Hall–Kier alpha value is -2.37. The highest BCUT2D eigenvalue weighted by atomic mass is 35.5. The maximum atomic E-state index is 11.2. The summed E-state index contributed by atoms with van der Waals surface area (Å²) in [6.45, 7) is 7.64. The van der Waals surface area contributed by atoms with Gasteiger partial charge in [-0.15, -0.1) is 0 Å². The third-order valence-corrected chi connectivity index (χ3v) is 5.21. The van der Waals surface area contributed by atoms with Crippen LogP contribution in [0.1, 0.15) is 33.9 Å². The molecule has 0 spiro atoms. The second-order valence-corrected chi connectivity index (χ2v) is 8.21. The van der Waals surface area contributed by atoms with Gasteiger partial charge in [0, 0.05) is 5.02 Å². The number of aliphatic hydroxyl groups is 1. The van der Waals surface area contributed by atoms with Gasteiger partial charge in [0.15, 0.2) is 0 Å². The predicted molar refractivity (Wildman–Crippen MR) is 107 cm³/mol. The third kappa shape index (κ3) is 4.15. The van der Waals surface area contributed by atoms with Gasteiger partial charge in [-0.2, -0.15) is 5.10 Å². The number of hydrogen-bond acceptors (Lipinski definition) is 4. The van der Waals surface area contributed by atoms with Gasteiger partial charge in [0.2, 0.25) is 6.23 Å². The van der Waals surface area contributed by atoms with Gasteiger partial charge in [-0.3, -0.25) is 0 Å². The molecule has 27 heavy (non-hydrogen) atoms. The molecule has 5 nitrogen and oxygen atoms in total. The van der Waals surface area contributed by atoms with E-state index < -0.39 is 17.2 Å². The summed E-state index contributed by atoms with van der Waals surface area (Å²) in [4.78, 5) is 3.99. The Morgan fingerprint density at radius 2 is 1.52 bits per heavy atom. The van der Waals surface area contributed by atoms with E-state index in [4.69, 9.17) is 16.3 Å². The summed E-state index contributed by atoms with van der Waals surface area (Å²) in [5.41, 5.74) is 0.502. The molecule has 2 aromatic carbocycles. The zero-order chi connectivity index (χ0) is 19.7. The van der Waals surface area contributed by atoms with Gasteiger partial charge < -0.3 is 9.84 Å². The van der Waals surface area contributed by atoms with Gasteiger partial charge in [0.1, 0.15) is 24.0 Å². The van der Waals surface area contributed by atoms with Crippen LogP contribution in [0, 0.1) is 5.41 Å². The molecule has 1 heterocycles. The van der Waals surface area contributed by atoms with Crippen molar-refractivity contribution in [2.45, 2.75) is 39.5 Å². The standard InChI is InChI=1S/C21H24ClN3O2/c1-20(2,3)21(4,26)19(25-14-23-13-24-25)27-18-11-7-16(8-12-18)15-5-9-17(22)10-6-15/h5-14,19,26H,1-4H3. The van der Waals surface area contributed by atoms with Crippen molar-refractivity contribution in [1.82, 2.24) is 14.8 Å². The fraction of sp³-hybridized carbons (Fsp3) is 0.333. The van der Waals surface area contributed by atoms with Crippen molar-refractivity contribution in [2.75, 3.05) is 0 Å². The molecule has 6 heteroatoms. The molecule has 2 unspecified atom stereocenters. The Kier molecular flexibility index (Phi) is 5.27. The first-order valence-corrected chi connectivity index (χ1v) is 9.15. The van der Waals surface area contributed by atoms with Gasteiger partial charge in [-0.1, -0.05) is 56.6 Å². The van der Waals surface area contributed by atoms with Gasteiger partial charge in [0.25, 0.3) is 0 Å². The molecule has 0 aliphatic heterocycles. The normalized spacial score (nSPS) is 15.2. The molecule has 0 saturated heterocycles. The molecule has 0 aliphatic carbocycles. The van der Waals surface area contributed by atoms with E-state index in [0.29, 0.717) is 10.8 Å². The Morgan fingerprint density at radius 1 is 0.963 bits per heavy atom. The largest absolute Gasteiger partial charge is 0.466 e. The molecule has 0 fully saturated rings. The van der Waals surface area contributed by atoms with E-state index >= 15 is 0 Å². The van der Waals surface area contributed by atoms with Crippen LogP contribution in [0.3, 0.4) is 0 Å². The number of hydrogen-bond donors (Lipinski definition) is 1. The van der Waals surface area contributed by atoms with Gasteiger partial charge >= 0.3 is 0 Å². The lowest BCUT2D eigenvalue weighted by Gasteiger charge is -2.42. The van der Waals surface area contributed by atoms with Gasteiger partial charge in [-0.05, 0) is 47.7 Å². The fourth-order valence-electron chi connectivity index (χ4n) is 2.63. The first-order chi connectivity index (χ1) is 12.7. The lowest BCUT2D eigenvalue weighted by molar-refractivity contribution is -0.153. The zero-order valence-corrected chi connectivity index (χ0v) is 16.7. The van der Waals surface area contributed by atoms with Gasteiger partial charge in [0.05, 0.1) is 0 Å². The van der Waals surface area contributed by atoms with Gasteiger partial charge in [-0.25, -0.2) is 9.67 Å². The SMILES string of the molecule is CC(C)(C)C(C)(O)C(Oc1ccc(-c2ccc(Cl)cc2)cc1)n1cncn1. The highest BCUT2D eigenvalue weighted by Gasteiger charge is 2.46. The molecule has 0 bridgehead atoms. The molecule has 0 saturated carbocycles. The average Bonchev–Trinajstić information content (AvgIpc) is 3.14. The summed E-state index contributed by atoms with van der Waals surface area (Å²) >= 11 is 5.95. The molecule has 0 radical (unpaired) electrons. The van der Waals surface area contributed by atoms with Crippen LogP contribution in [0.25, 0.3) is 11.1 Å². The van der Waals surface area contributed by atoms with Crippen molar-refractivity contribution in [3.63, 3.8) is 0 Å². The molecule has 1 N–H and O–H groups in total. The summed E-state index contributed by atoms with van der Waals surface area (Å²) in [6.07, 6.45) is 2.26. The van der Waals surface area contributed by atoms with Crippen LogP contribution in [0.4, 0.5) is 0 Å². The van der Waals surface area contributed by atoms with E-state index in [-0.39, 0.29) is 0 Å². The van der Waals surface area contributed by atoms with E-state index in [2.05, 4.69) is 10.1 Å². The topological polar surface area (TPSA) is 60.2 Å². The molecule has 3 aromatic rings. The van der Waals surface area contributed by atoms with Crippen molar-refractivity contribution in [1.29, 1.82) is 0 Å². The minimum Gasteiger partial charge on any atom is -0.466 e. The van der Waals surface area contributed by atoms with Crippen LogP contribution in [-0.4, -0.2) is 25.5 Å². The summed E-state index contributed by atoms with van der Waals surface area (Å²) in [5.74, 6) is 0.637. The minimum absolute atomic E-state index is 0.438. The molecule has 1 aromatic heterocycles. The van der Waals surface area contributed by atoms with Crippen molar-refractivity contribution in [3.05, 3.63) is 66.2 Å². The van der Waals surface area contributed by atoms with E-state index in [1.54, 1.807) is 17.9 Å². The second-order valence-electron chi connectivity index (χ2n) is 7.77. The number of aromatic nitrogens is 3. The number of nitrogens with zero attached hydrogens (tertiary/aromatic N) is 3. The quantitative estimate of drug-likeness (QED) is 0.673. The van der Waals surface area contributed by atoms with Crippen LogP contribution < -0.4 is 4.74 Å². The highest BCUT2D eigenvalue weighted by Crippen LogP contribution is 2.39. The Bertz CT molecular complexity index is 867. The smallest absolute Gasteiger partial charge is 0.221 e. The van der Waals surface area contributed by atoms with Crippen LogP contribution in [-0.2, 0) is 0 Å².